The molecule has 18 heavy (non-hydrogen) atoms. The van der Waals surface area contributed by atoms with Crippen molar-refractivity contribution in [1.82, 2.24) is 25.7 Å². The summed E-state index contributed by atoms with van der Waals surface area (Å²) in [5.41, 5.74) is 2.82. The van der Waals surface area contributed by atoms with E-state index in [0.717, 1.165) is 46.5 Å². The Morgan fingerprint density at radius 1 is 1.17 bits per heavy atom. The second kappa shape index (κ2) is 5.97. The highest BCUT2D eigenvalue weighted by Crippen LogP contribution is 2.25. The molecule has 0 bridgehead atoms. The summed E-state index contributed by atoms with van der Waals surface area (Å²) >= 11 is 1.61. The average molecular weight is 263 g/mol. The van der Waals surface area contributed by atoms with Gasteiger partial charge in [-0.1, -0.05) is 18.3 Å². The van der Waals surface area contributed by atoms with Gasteiger partial charge in [0.1, 0.15) is 10.0 Å². The SMILES string of the molecule is CCCNCc1nnc(-c2cc(C)nnc2C)s1. The van der Waals surface area contributed by atoms with Crippen LogP contribution in [0.3, 0.4) is 0 Å². The first-order chi connectivity index (χ1) is 8.70. The molecule has 2 heterocycles. The summed E-state index contributed by atoms with van der Waals surface area (Å²) in [6.45, 7) is 7.80. The zero-order valence-electron chi connectivity index (χ0n) is 10.9. The van der Waals surface area contributed by atoms with Gasteiger partial charge in [0.15, 0.2) is 0 Å². The molecule has 0 amide bonds. The first-order valence-corrected chi connectivity index (χ1v) is 6.86. The maximum Gasteiger partial charge on any atom is 0.149 e. The molecular weight excluding hydrogens is 246 g/mol. The van der Waals surface area contributed by atoms with E-state index in [0.29, 0.717) is 0 Å². The number of aromatic nitrogens is 4. The largest absolute Gasteiger partial charge is 0.310 e. The molecule has 0 radical (unpaired) electrons. The van der Waals surface area contributed by atoms with Crippen molar-refractivity contribution in [2.75, 3.05) is 6.54 Å². The standard InChI is InChI=1S/C12H17N5S/c1-4-5-13-7-11-16-17-12(18-11)10-6-8(2)14-15-9(10)3/h6,13H,4-5,7H2,1-3H3. The van der Waals surface area contributed by atoms with Gasteiger partial charge in [0.05, 0.1) is 11.4 Å². The van der Waals surface area contributed by atoms with E-state index in [9.17, 15) is 0 Å². The minimum atomic E-state index is 0.780. The van der Waals surface area contributed by atoms with Crippen LogP contribution in [0.4, 0.5) is 0 Å². The zero-order chi connectivity index (χ0) is 13.0. The molecule has 0 aliphatic carbocycles. The molecule has 2 aromatic rings. The molecule has 96 valence electrons. The Labute approximate surface area is 111 Å². The van der Waals surface area contributed by atoms with Gasteiger partial charge in [-0.05, 0) is 32.9 Å². The fraction of sp³-hybridized carbons (Fsp3) is 0.500. The van der Waals surface area contributed by atoms with Crippen LogP contribution in [0, 0.1) is 13.8 Å². The monoisotopic (exact) mass is 263 g/mol. The van der Waals surface area contributed by atoms with Gasteiger partial charge in [0.25, 0.3) is 0 Å². The number of hydrogen-bond acceptors (Lipinski definition) is 6. The minimum Gasteiger partial charge on any atom is -0.310 e. The van der Waals surface area contributed by atoms with E-state index in [1.807, 2.05) is 19.9 Å². The summed E-state index contributed by atoms with van der Waals surface area (Å²) < 4.78 is 0. The van der Waals surface area contributed by atoms with Crippen LogP contribution in [0.5, 0.6) is 0 Å². The molecule has 0 saturated carbocycles. The lowest BCUT2D eigenvalue weighted by Gasteiger charge is -2.00. The lowest BCUT2D eigenvalue weighted by atomic mass is 10.2. The summed E-state index contributed by atoms with van der Waals surface area (Å²) in [5.74, 6) is 0. The van der Waals surface area contributed by atoms with Crippen LogP contribution in [0.1, 0.15) is 29.7 Å². The summed E-state index contributed by atoms with van der Waals surface area (Å²) in [6, 6.07) is 2.01. The van der Waals surface area contributed by atoms with Gasteiger partial charge in [0.2, 0.25) is 0 Å². The van der Waals surface area contributed by atoms with Crippen LogP contribution >= 0.6 is 11.3 Å². The van der Waals surface area contributed by atoms with Gasteiger partial charge >= 0.3 is 0 Å². The predicted octanol–water partition coefficient (Wildman–Crippen LogP) is 2.11. The molecule has 2 aromatic heterocycles. The van der Waals surface area contributed by atoms with Crippen LogP contribution in [0.15, 0.2) is 6.07 Å². The Morgan fingerprint density at radius 2 is 2.00 bits per heavy atom. The molecule has 0 aromatic carbocycles. The second-order valence-corrected chi connectivity index (χ2v) is 5.22. The topological polar surface area (TPSA) is 63.6 Å². The van der Waals surface area contributed by atoms with Crippen molar-refractivity contribution in [3.63, 3.8) is 0 Å². The lowest BCUT2D eigenvalue weighted by Crippen LogP contribution is -2.13. The highest BCUT2D eigenvalue weighted by atomic mass is 32.1. The molecular formula is C12H17N5S. The van der Waals surface area contributed by atoms with Crippen LogP contribution in [-0.2, 0) is 6.54 Å². The van der Waals surface area contributed by atoms with Crippen LogP contribution in [0.25, 0.3) is 10.6 Å². The fourth-order valence-electron chi connectivity index (χ4n) is 1.57. The summed E-state index contributed by atoms with van der Waals surface area (Å²) in [4.78, 5) is 0. The van der Waals surface area contributed by atoms with Crippen LogP contribution in [0.2, 0.25) is 0 Å². The van der Waals surface area contributed by atoms with Gasteiger partial charge in [-0.3, -0.25) is 0 Å². The smallest absolute Gasteiger partial charge is 0.149 e. The van der Waals surface area contributed by atoms with Crippen molar-refractivity contribution in [3.8, 4) is 10.6 Å². The van der Waals surface area contributed by atoms with Gasteiger partial charge < -0.3 is 5.32 Å². The van der Waals surface area contributed by atoms with Gasteiger partial charge in [0, 0.05) is 12.1 Å². The number of hydrogen-bond donors (Lipinski definition) is 1. The summed E-state index contributed by atoms with van der Waals surface area (Å²) in [6.07, 6.45) is 1.12. The lowest BCUT2D eigenvalue weighted by molar-refractivity contribution is 0.668. The number of nitrogens with zero attached hydrogens (tertiary/aromatic N) is 4. The number of aryl methyl sites for hydroxylation is 2. The molecule has 1 N–H and O–H groups in total. The number of nitrogens with one attached hydrogen (secondary N) is 1. The molecule has 0 aliphatic heterocycles. The molecule has 0 aliphatic rings. The van der Waals surface area contributed by atoms with E-state index in [-0.39, 0.29) is 0 Å². The normalized spacial score (nSPS) is 10.8. The third-order valence-electron chi connectivity index (χ3n) is 2.50. The quantitative estimate of drug-likeness (QED) is 0.837. The van der Waals surface area contributed by atoms with Gasteiger partial charge in [-0.25, -0.2) is 0 Å². The van der Waals surface area contributed by atoms with Crippen molar-refractivity contribution in [2.24, 2.45) is 0 Å². The molecule has 0 spiro atoms. The maximum atomic E-state index is 4.23. The van der Waals surface area contributed by atoms with Crippen molar-refractivity contribution in [3.05, 3.63) is 22.5 Å². The van der Waals surface area contributed by atoms with Crippen LogP contribution in [-0.4, -0.2) is 26.9 Å². The molecule has 0 fully saturated rings. The van der Waals surface area contributed by atoms with E-state index < -0.39 is 0 Å². The van der Waals surface area contributed by atoms with E-state index >= 15 is 0 Å². The molecule has 0 saturated heterocycles. The predicted molar refractivity (Wildman–Crippen MR) is 72.4 cm³/mol. The Balaban J connectivity index is 2.16. The Kier molecular flexibility index (Phi) is 4.33. The van der Waals surface area contributed by atoms with E-state index in [1.54, 1.807) is 11.3 Å². The van der Waals surface area contributed by atoms with Gasteiger partial charge in [-0.15, -0.1) is 10.2 Å². The highest BCUT2D eigenvalue weighted by Gasteiger charge is 2.10. The fourth-order valence-corrected chi connectivity index (χ4v) is 2.45. The second-order valence-electron chi connectivity index (χ2n) is 4.16. The molecule has 0 unspecified atom stereocenters. The summed E-state index contributed by atoms with van der Waals surface area (Å²) in [5, 5.41) is 21.8. The Morgan fingerprint density at radius 3 is 2.78 bits per heavy atom. The first-order valence-electron chi connectivity index (χ1n) is 6.05. The van der Waals surface area contributed by atoms with E-state index in [4.69, 9.17) is 0 Å². The molecule has 5 nitrogen and oxygen atoms in total. The van der Waals surface area contributed by atoms with Crippen molar-refractivity contribution in [1.29, 1.82) is 0 Å². The van der Waals surface area contributed by atoms with Crippen molar-refractivity contribution in [2.45, 2.75) is 33.7 Å². The van der Waals surface area contributed by atoms with E-state index in [2.05, 4.69) is 32.6 Å². The summed E-state index contributed by atoms with van der Waals surface area (Å²) in [7, 11) is 0. The maximum absolute atomic E-state index is 4.23. The van der Waals surface area contributed by atoms with Crippen molar-refractivity contribution < 1.29 is 0 Å². The highest BCUT2D eigenvalue weighted by molar-refractivity contribution is 7.14. The zero-order valence-corrected chi connectivity index (χ0v) is 11.7. The first kappa shape index (κ1) is 13.0. The average Bonchev–Trinajstić information content (AvgIpc) is 2.81. The minimum absolute atomic E-state index is 0.780. The number of rotatable bonds is 5. The van der Waals surface area contributed by atoms with Crippen LogP contribution < -0.4 is 5.32 Å². The molecule has 0 atom stereocenters. The molecule has 6 heteroatoms. The Bertz CT molecular complexity index is 523. The van der Waals surface area contributed by atoms with Gasteiger partial charge in [-0.2, -0.15) is 10.2 Å². The molecule has 2 rings (SSSR count). The third kappa shape index (κ3) is 3.08. The third-order valence-corrected chi connectivity index (χ3v) is 3.46. The van der Waals surface area contributed by atoms with E-state index in [1.165, 1.54) is 0 Å². The Hall–Kier alpha value is -1.40. The van der Waals surface area contributed by atoms with Crippen molar-refractivity contribution >= 4 is 11.3 Å².